The van der Waals surface area contributed by atoms with Crippen LogP contribution in [0, 0.1) is 0 Å². The molecule has 1 aromatic carbocycles. The Morgan fingerprint density at radius 2 is 1.67 bits per heavy atom. The molecular formula is C12H19N3O4S2. The molecule has 1 aromatic rings. The first-order valence-electron chi connectivity index (χ1n) is 6.62. The van der Waals surface area contributed by atoms with Gasteiger partial charge in [-0.1, -0.05) is 0 Å². The van der Waals surface area contributed by atoms with Crippen molar-refractivity contribution in [1.29, 1.82) is 0 Å². The van der Waals surface area contributed by atoms with Crippen molar-refractivity contribution in [3.8, 4) is 0 Å². The van der Waals surface area contributed by atoms with Gasteiger partial charge in [-0.2, -0.15) is 0 Å². The smallest absolute Gasteiger partial charge is 0.240 e. The fraction of sp³-hybridized carbons (Fsp3) is 0.500. The maximum Gasteiger partial charge on any atom is 0.240 e. The van der Waals surface area contributed by atoms with Crippen molar-refractivity contribution in [3.05, 3.63) is 24.3 Å². The lowest BCUT2D eigenvalue weighted by molar-refractivity contribution is 0.551. The minimum atomic E-state index is -3.62. The van der Waals surface area contributed by atoms with Gasteiger partial charge < -0.3 is 5.32 Å². The first kappa shape index (κ1) is 16.4. The van der Waals surface area contributed by atoms with E-state index in [1.807, 2.05) is 0 Å². The Bertz CT molecular complexity index is 678. The highest BCUT2D eigenvalue weighted by atomic mass is 32.2. The third kappa shape index (κ3) is 4.01. The van der Waals surface area contributed by atoms with Gasteiger partial charge in [0.25, 0.3) is 0 Å². The number of benzene rings is 1. The third-order valence-electron chi connectivity index (χ3n) is 3.40. The first-order valence-corrected chi connectivity index (χ1v) is 9.58. The number of rotatable bonds is 6. The zero-order valence-corrected chi connectivity index (χ0v) is 13.3. The second-order valence-electron chi connectivity index (χ2n) is 4.82. The minimum Gasteiger partial charge on any atom is -0.313 e. The second-order valence-corrected chi connectivity index (χ2v) is 8.48. The molecule has 7 nitrogen and oxygen atoms in total. The fourth-order valence-corrected chi connectivity index (χ4v) is 3.95. The monoisotopic (exact) mass is 333 g/mol. The summed E-state index contributed by atoms with van der Waals surface area (Å²) in [6.45, 7) is 1.24. The van der Waals surface area contributed by atoms with Crippen LogP contribution in [0.25, 0.3) is 0 Å². The molecule has 0 saturated carbocycles. The van der Waals surface area contributed by atoms with Gasteiger partial charge in [0.1, 0.15) is 0 Å². The van der Waals surface area contributed by atoms with E-state index < -0.39 is 20.0 Å². The van der Waals surface area contributed by atoms with Crippen LogP contribution in [0.4, 0.5) is 0 Å². The summed E-state index contributed by atoms with van der Waals surface area (Å²) in [6.07, 6.45) is 1.99. The van der Waals surface area contributed by atoms with Gasteiger partial charge in [0.15, 0.2) is 0 Å². The SMILES string of the molecule is CNS(=O)(=O)c1ccc(S(=O)(=O)NCC2CCCN2)cc1. The van der Waals surface area contributed by atoms with Crippen molar-refractivity contribution in [2.75, 3.05) is 20.1 Å². The van der Waals surface area contributed by atoms with Gasteiger partial charge in [0, 0.05) is 12.6 Å². The molecule has 9 heteroatoms. The van der Waals surface area contributed by atoms with Gasteiger partial charge in [-0.05, 0) is 50.7 Å². The average molecular weight is 333 g/mol. The van der Waals surface area contributed by atoms with Gasteiger partial charge in [-0.15, -0.1) is 0 Å². The van der Waals surface area contributed by atoms with E-state index in [2.05, 4.69) is 14.8 Å². The van der Waals surface area contributed by atoms with E-state index in [-0.39, 0.29) is 15.8 Å². The maximum atomic E-state index is 12.1. The Kier molecular flexibility index (Phi) is 4.99. The lowest BCUT2D eigenvalue weighted by Gasteiger charge is -2.12. The molecule has 21 heavy (non-hydrogen) atoms. The van der Waals surface area contributed by atoms with Crippen LogP contribution in [0.3, 0.4) is 0 Å². The largest absolute Gasteiger partial charge is 0.313 e. The predicted octanol–water partition coefficient (Wildman–Crippen LogP) is -0.375. The number of hydrogen-bond donors (Lipinski definition) is 3. The average Bonchev–Trinajstić information content (AvgIpc) is 2.99. The topological polar surface area (TPSA) is 104 Å². The molecule has 3 N–H and O–H groups in total. The molecule has 0 bridgehead atoms. The normalized spacial score (nSPS) is 19.8. The summed E-state index contributed by atoms with van der Waals surface area (Å²) in [5.74, 6) is 0. The van der Waals surface area contributed by atoms with Crippen molar-refractivity contribution in [1.82, 2.24) is 14.8 Å². The number of sulfonamides is 2. The van der Waals surface area contributed by atoms with Gasteiger partial charge in [0.05, 0.1) is 9.79 Å². The first-order chi connectivity index (χ1) is 9.85. The summed E-state index contributed by atoms with van der Waals surface area (Å²) < 4.78 is 52.1. The van der Waals surface area contributed by atoms with E-state index in [9.17, 15) is 16.8 Å². The van der Waals surface area contributed by atoms with E-state index in [0.717, 1.165) is 19.4 Å². The van der Waals surface area contributed by atoms with Gasteiger partial charge in [0.2, 0.25) is 20.0 Å². The van der Waals surface area contributed by atoms with Crippen molar-refractivity contribution in [3.63, 3.8) is 0 Å². The summed E-state index contributed by atoms with van der Waals surface area (Å²) in [7, 11) is -5.88. The van der Waals surface area contributed by atoms with E-state index in [4.69, 9.17) is 0 Å². The molecule has 0 amide bonds. The summed E-state index contributed by atoms with van der Waals surface area (Å²) >= 11 is 0. The zero-order chi connectivity index (χ0) is 15.5. The van der Waals surface area contributed by atoms with Crippen LogP contribution in [-0.2, 0) is 20.0 Å². The Balaban J connectivity index is 2.09. The quantitative estimate of drug-likeness (QED) is 0.659. The molecule has 1 heterocycles. The molecule has 1 saturated heterocycles. The summed E-state index contributed by atoms with van der Waals surface area (Å²) in [4.78, 5) is 0.0805. The van der Waals surface area contributed by atoms with Crippen LogP contribution in [0.5, 0.6) is 0 Å². The van der Waals surface area contributed by atoms with Crippen LogP contribution in [0.2, 0.25) is 0 Å². The van der Waals surface area contributed by atoms with Crippen LogP contribution in [0.1, 0.15) is 12.8 Å². The van der Waals surface area contributed by atoms with Crippen molar-refractivity contribution in [2.45, 2.75) is 28.7 Å². The third-order valence-corrected chi connectivity index (χ3v) is 6.26. The minimum absolute atomic E-state index is 0.0291. The van der Waals surface area contributed by atoms with Gasteiger partial charge in [-0.3, -0.25) is 0 Å². The van der Waals surface area contributed by atoms with E-state index in [0.29, 0.717) is 6.54 Å². The lowest BCUT2D eigenvalue weighted by atomic mass is 10.2. The van der Waals surface area contributed by atoms with Crippen LogP contribution in [-0.4, -0.2) is 43.0 Å². The van der Waals surface area contributed by atoms with Crippen molar-refractivity contribution < 1.29 is 16.8 Å². The molecule has 0 aromatic heterocycles. The Hall–Kier alpha value is -1.00. The highest BCUT2D eigenvalue weighted by Gasteiger charge is 2.20. The molecule has 1 aliphatic heterocycles. The Morgan fingerprint density at radius 1 is 1.10 bits per heavy atom. The van der Waals surface area contributed by atoms with E-state index in [1.54, 1.807) is 0 Å². The molecule has 1 atom stereocenters. The molecular weight excluding hydrogens is 314 g/mol. The van der Waals surface area contributed by atoms with Gasteiger partial charge in [-0.25, -0.2) is 26.3 Å². The van der Waals surface area contributed by atoms with Crippen molar-refractivity contribution in [2.24, 2.45) is 0 Å². The summed E-state index contributed by atoms with van der Waals surface area (Å²) in [5.41, 5.74) is 0. The molecule has 0 aliphatic carbocycles. The van der Waals surface area contributed by atoms with E-state index >= 15 is 0 Å². The molecule has 1 fully saturated rings. The van der Waals surface area contributed by atoms with Crippen LogP contribution < -0.4 is 14.8 Å². The van der Waals surface area contributed by atoms with E-state index in [1.165, 1.54) is 31.3 Å². The van der Waals surface area contributed by atoms with Crippen LogP contribution in [0.15, 0.2) is 34.1 Å². The highest BCUT2D eigenvalue weighted by molar-refractivity contribution is 7.90. The molecule has 1 aliphatic rings. The number of hydrogen-bond acceptors (Lipinski definition) is 5. The van der Waals surface area contributed by atoms with Gasteiger partial charge >= 0.3 is 0 Å². The molecule has 0 spiro atoms. The second kappa shape index (κ2) is 6.41. The molecule has 1 unspecified atom stereocenters. The van der Waals surface area contributed by atoms with Crippen LogP contribution >= 0.6 is 0 Å². The summed E-state index contributed by atoms with van der Waals surface area (Å²) in [5, 5.41) is 3.20. The molecule has 118 valence electrons. The number of nitrogens with one attached hydrogen (secondary N) is 3. The highest BCUT2D eigenvalue weighted by Crippen LogP contribution is 2.14. The fourth-order valence-electron chi connectivity index (χ4n) is 2.14. The Labute approximate surface area is 125 Å². The Morgan fingerprint density at radius 3 is 2.14 bits per heavy atom. The molecule has 0 radical (unpaired) electrons. The lowest BCUT2D eigenvalue weighted by Crippen LogP contribution is -2.37. The zero-order valence-electron chi connectivity index (χ0n) is 11.7. The maximum absolute atomic E-state index is 12.1. The van der Waals surface area contributed by atoms with Crippen molar-refractivity contribution >= 4 is 20.0 Å². The standard InChI is InChI=1S/C12H19N3O4S2/c1-13-20(16,17)11-4-6-12(7-5-11)21(18,19)15-9-10-3-2-8-14-10/h4-7,10,13-15H,2-3,8-9H2,1H3. The predicted molar refractivity (Wildman–Crippen MR) is 78.9 cm³/mol. The molecule has 2 rings (SSSR count). The summed E-state index contributed by atoms with van der Waals surface area (Å²) in [6, 6.07) is 5.27.